The van der Waals surface area contributed by atoms with Gasteiger partial charge in [0.1, 0.15) is 11.4 Å². The van der Waals surface area contributed by atoms with Gasteiger partial charge in [-0.2, -0.15) is 0 Å². The van der Waals surface area contributed by atoms with Gasteiger partial charge in [-0.15, -0.1) is 0 Å². The van der Waals surface area contributed by atoms with Crippen LogP contribution in [0.25, 0.3) is 0 Å². The molecular weight excluding hydrogens is 264 g/mol. The highest BCUT2D eigenvalue weighted by molar-refractivity contribution is 7.92. The Morgan fingerprint density at radius 2 is 2.26 bits per heavy atom. The summed E-state index contributed by atoms with van der Waals surface area (Å²) >= 11 is 0. The molecule has 106 valence electrons. The third-order valence-electron chi connectivity index (χ3n) is 3.63. The largest absolute Gasteiger partial charge is 0.495 e. The third kappa shape index (κ3) is 2.90. The van der Waals surface area contributed by atoms with E-state index in [2.05, 4.69) is 10.3 Å². The molecule has 0 aliphatic carbocycles. The topological polar surface area (TPSA) is 68.3 Å². The molecule has 5 nitrogen and oxygen atoms in total. The lowest BCUT2D eigenvalue weighted by molar-refractivity contribution is 0.388. The lowest BCUT2D eigenvalue weighted by atomic mass is 10.0. The number of aromatic nitrogens is 1. The minimum absolute atomic E-state index is 0.269. The Morgan fingerprint density at radius 3 is 2.89 bits per heavy atom. The Morgan fingerprint density at radius 1 is 1.47 bits per heavy atom. The van der Waals surface area contributed by atoms with Crippen LogP contribution in [0.15, 0.2) is 18.3 Å². The van der Waals surface area contributed by atoms with E-state index in [0.717, 1.165) is 12.8 Å². The van der Waals surface area contributed by atoms with E-state index >= 15 is 0 Å². The van der Waals surface area contributed by atoms with E-state index in [1.807, 2.05) is 6.07 Å². The molecule has 2 heterocycles. The highest BCUT2D eigenvalue weighted by Crippen LogP contribution is 2.33. The molecule has 0 aromatic carbocycles. The monoisotopic (exact) mass is 284 g/mol. The maximum Gasteiger partial charge on any atom is 0.155 e. The van der Waals surface area contributed by atoms with Gasteiger partial charge in [0, 0.05) is 6.20 Å². The first-order valence-corrected chi connectivity index (χ1v) is 8.19. The van der Waals surface area contributed by atoms with E-state index in [0.29, 0.717) is 17.9 Å². The maximum absolute atomic E-state index is 12.2. The Kier molecular flexibility index (Phi) is 4.42. The van der Waals surface area contributed by atoms with Crippen LogP contribution in [-0.4, -0.2) is 38.6 Å². The van der Waals surface area contributed by atoms with Crippen molar-refractivity contribution in [3.05, 3.63) is 24.0 Å². The van der Waals surface area contributed by atoms with Crippen molar-refractivity contribution in [2.24, 2.45) is 0 Å². The summed E-state index contributed by atoms with van der Waals surface area (Å²) in [7, 11) is 0.273. The smallest absolute Gasteiger partial charge is 0.155 e. The van der Waals surface area contributed by atoms with Crippen molar-refractivity contribution in [2.45, 2.75) is 30.6 Å². The Bertz CT molecular complexity index is 530. The second-order valence-electron chi connectivity index (χ2n) is 4.76. The first kappa shape index (κ1) is 14.3. The second-order valence-corrected chi connectivity index (χ2v) is 7.10. The Hall–Kier alpha value is -1.14. The van der Waals surface area contributed by atoms with E-state index in [9.17, 15) is 8.42 Å². The first-order valence-electron chi connectivity index (χ1n) is 6.48. The van der Waals surface area contributed by atoms with Crippen LogP contribution in [0, 0.1) is 0 Å². The summed E-state index contributed by atoms with van der Waals surface area (Å²) in [4.78, 5) is 4.31. The number of rotatable bonds is 4. The number of nitrogens with zero attached hydrogens (tertiary/aromatic N) is 1. The quantitative estimate of drug-likeness (QED) is 0.903. The summed E-state index contributed by atoms with van der Waals surface area (Å²) in [5.41, 5.74) is 0.669. The van der Waals surface area contributed by atoms with Crippen LogP contribution in [0.5, 0.6) is 5.75 Å². The molecule has 1 saturated heterocycles. The van der Waals surface area contributed by atoms with Crippen LogP contribution in [-0.2, 0) is 9.84 Å². The van der Waals surface area contributed by atoms with Crippen molar-refractivity contribution in [2.75, 3.05) is 19.9 Å². The SMILES string of the molecule is CNC(c1ncccc1OC)C1CCCCS1(=O)=O. The average molecular weight is 284 g/mol. The van der Waals surface area contributed by atoms with Crippen molar-refractivity contribution in [3.8, 4) is 5.75 Å². The highest BCUT2D eigenvalue weighted by atomic mass is 32.2. The minimum Gasteiger partial charge on any atom is -0.495 e. The molecule has 2 atom stereocenters. The lowest BCUT2D eigenvalue weighted by Crippen LogP contribution is -2.39. The fraction of sp³-hybridized carbons (Fsp3) is 0.615. The maximum atomic E-state index is 12.2. The molecule has 0 spiro atoms. The number of nitrogens with one attached hydrogen (secondary N) is 1. The van der Waals surface area contributed by atoms with Crippen LogP contribution >= 0.6 is 0 Å². The van der Waals surface area contributed by atoms with E-state index in [1.165, 1.54) is 0 Å². The average Bonchev–Trinajstić information content (AvgIpc) is 2.41. The van der Waals surface area contributed by atoms with Gasteiger partial charge in [-0.1, -0.05) is 6.42 Å². The zero-order chi connectivity index (χ0) is 13.9. The number of hydrogen-bond acceptors (Lipinski definition) is 5. The molecule has 1 aromatic rings. The standard InChI is InChI=1S/C13H20N2O3S/c1-14-13(11-7-3-4-9-19(11,16)17)12-10(18-2)6-5-8-15-12/h5-6,8,11,13-14H,3-4,7,9H2,1-2H3. The lowest BCUT2D eigenvalue weighted by Gasteiger charge is -2.30. The van der Waals surface area contributed by atoms with Gasteiger partial charge in [-0.25, -0.2) is 8.42 Å². The van der Waals surface area contributed by atoms with Gasteiger partial charge in [-0.05, 0) is 32.0 Å². The summed E-state index contributed by atoms with van der Waals surface area (Å²) in [5, 5.41) is 2.68. The first-order chi connectivity index (χ1) is 9.10. The third-order valence-corrected chi connectivity index (χ3v) is 5.91. The molecule has 2 unspecified atom stereocenters. The number of sulfone groups is 1. The van der Waals surface area contributed by atoms with Gasteiger partial charge in [-0.3, -0.25) is 4.98 Å². The molecule has 19 heavy (non-hydrogen) atoms. The van der Waals surface area contributed by atoms with E-state index in [4.69, 9.17) is 4.74 Å². The fourth-order valence-electron chi connectivity index (χ4n) is 2.66. The fourth-order valence-corrected chi connectivity index (χ4v) is 4.78. The summed E-state index contributed by atoms with van der Waals surface area (Å²) in [5.74, 6) is 0.896. The predicted molar refractivity (Wildman–Crippen MR) is 74.0 cm³/mol. The number of hydrogen-bond donors (Lipinski definition) is 1. The molecule has 2 rings (SSSR count). The predicted octanol–water partition coefficient (Wildman–Crippen LogP) is 1.32. The van der Waals surface area contributed by atoms with Gasteiger partial charge < -0.3 is 10.1 Å². The highest BCUT2D eigenvalue weighted by Gasteiger charge is 2.37. The van der Waals surface area contributed by atoms with Gasteiger partial charge in [0.05, 0.1) is 24.2 Å². The van der Waals surface area contributed by atoms with Crippen LogP contribution < -0.4 is 10.1 Å². The van der Waals surface area contributed by atoms with E-state index in [-0.39, 0.29) is 11.8 Å². The summed E-state index contributed by atoms with van der Waals surface area (Å²) in [6.07, 6.45) is 4.04. The molecule has 1 aliphatic heterocycles. The summed E-state index contributed by atoms with van der Waals surface area (Å²) in [6, 6.07) is 3.27. The Balaban J connectivity index is 2.39. The Labute approximate surface area is 114 Å². The van der Waals surface area contributed by atoms with E-state index in [1.54, 1.807) is 26.4 Å². The van der Waals surface area contributed by atoms with Crippen molar-refractivity contribution < 1.29 is 13.2 Å². The van der Waals surface area contributed by atoms with Gasteiger partial charge in [0.2, 0.25) is 0 Å². The molecule has 0 amide bonds. The van der Waals surface area contributed by atoms with Crippen molar-refractivity contribution in [3.63, 3.8) is 0 Å². The molecule has 1 aromatic heterocycles. The molecule has 0 saturated carbocycles. The second kappa shape index (κ2) is 5.88. The molecule has 0 bridgehead atoms. The molecule has 0 radical (unpaired) electrons. The zero-order valence-electron chi connectivity index (χ0n) is 11.3. The molecule has 1 fully saturated rings. The van der Waals surface area contributed by atoms with Crippen LogP contribution in [0.4, 0.5) is 0 Å². The van der Waals surface area contributed by atoms with Gasteiger partial charge >= 0.3 is 0 Å². The van der Waals surface area contributed by atoms with Crippen molar-refractivity contribution in [1.29, 1.82) is 0 Å². The van der Waals surface area contributed by atoms with Crippen LogP contribution in [0.1, 0.15) is 31.0 Å². The summed E-state index contributed by atoms with van der Waals surface area (Å²) < 4.78 is 29.8. The molecule has 1 aliphatic rings. The normalized spacial score (nSPS) is 23.8. The summed E-state index contributed by atoms with van der Waals surface area (Å²) in [6.45, 7) is 0. The molecule has 1 N–H and O–H groups in total. The number of ether oxygens (including phenoxy) is 1. The van der Waals surface area contributed by atoms with E-state index < -0.39 is 15.1 Å². The van der Waals surface area contributed by atoms with Crippen molar-refractivity contribution in [1.82, 2.24) is 10.3 Å². The number of methoxy groups -OCH3 is 1. The zero-order valence-corrected chi connectivity index (χ0v) is 12.1. The molecular formula is C13H20N2O3S. The molecule has 6 heteroatoms. The minimum atomic E-state index is -3.07. The van der Waals surface area contributed by atoms with Gasteiger partial charge in [0.15, 0.2) is 9.84 Å². The number of pyridine rings is 1. The van der Waals surface area contributed by atoms with Crippen LogP contribution in [0.3, 0.4) is 0 Å². The van der Waals surface area contributed by atoms with Gasteiger partial charge in [0.25, 0.3) is 0 Å². The van der Waals surface area contributed by atoms with Crippen molar-refractivity contribution >= 4 is 9.84 Å². The van der Waals surface area contributed by atoms with Crippen LogP contribution in [0.2, 0.25) is 0 Å².